The molecule has 1 heterocycles. The second-order valence-corrected chi connectivity index (χ2v) is 6.89. The molecule has 11 heteroatoms. The molecule has 0 saturated heterocycles. The van der Waals surface area contributed by atoms with E-state index in [4.69, 9.17) is 19.1 Å². The summed E-state index contributed by atoms with van der Waals surface area (Å²) >= 11 is 5.57. The van der Waals surface area contributed by atoms with Crippen molar-refractivity contribution < 1.29 is 30.2 Å². The summed E-state index contributed by atoms with van der Waals surface area (Å²) in [6.45, 7) is -0.727. The Hall–Kier alpha value is -3.79. The highest BCUT2D eigenvalue weighted by Gasteiger charge is 2.33. The molecule has 3 aromatic rings. The van der Waals surface area contributed by atoms with Crippen LogP contribution in [0, 0.1) is 0 Å². The van der Waals surface area contributed by atoms with Crippen molar-refractivity contribution in [1.29, 1.82) is 0 Å². The fourth-order valence-electron chi connectivity index (χ4n) is 2.63. The molecule has 0 aliphatic rings. The van der Waals surface area contributed by atoms with Crippen LogP contribution in [0.5, 0.6) is 11.5 Å². The summed E-state index contributed by atoms with van der Waals surface area (Å²) in [6.07, 6.45) is -3.33. The van der Waals surface area contributed by atoms with Crippen molar-refractivity contribution >= 4 is 34.9 Å². The zero-order valence-electron chi connectivity index (χ0n) is 19.0. The molecule has 0 radical (unpaired) electrons. The Morgan fingerprint density at radius 2 is 1.70 bits per heavy atom. The number of aromatic nitrogens is 1. The van der Waals surface area contributed by atoms with Gasteiger partial charge in [0.1, 0.15) is 17.2 Å². The lowest BCUT2D eigenvalue weighted by atomic mass is 10.2. The number of hydrogen-bond donors (Lipinski definition) is 3. The largest absolute Gasteiger partial charge is 0.457 e. The molecule has 0 bridgehead atoms. The first-order valence-corrected chi connectivity index (χ1v) is 9.69. The average molecular weight is 481 g/mol. The van der Waals surface area contributed by atoms with Gasteiger partial charge in [-0.25, -0.2) is 4.79 Å². The van der Waals surface area contributed by atoms with Crippen LogP contribution in [0.25, 0.3) is 0 Å². The van der Waals surface area contributed by atoms with Gasteiger partial charge in [-0.05, 0) is 55.5 Å². The second-order valence-electron chi connectivity index (χ2n) is 6.48. The summed E-state index contributed by atoms with van der Waals surface area (Å²) < 4.78 is 59.4. The van der Waals surface area contributed by atoms with Crippen LogP contribution < -0.4 is 20.7 Å². The fraction of sp³-hybridized carbons (Fsp3) is 0.136. The highest BCUT2D eigenvalue weighted by molar-refractivity contribution is 6.31. The molecule has 0 saturated carbocycles. The minimum Gasteiger partial charge on any atom is -0.457 e. The molecular weight excluding hydrogens is 461 g/mol. The molecule has 0 fully saturated rings. The highest BCUT2D eigenvalue weighted by atomic mass is 35.5. The van der Waals surface area contributed by atoms with E-state index in [-0.39, 0.29) is 17.1 Å². The lowest BCUT2D eigenvalue weighted by Crippen LogP contribution is -2.23. The van der Waals surface area contributed by atoms with Gasteiger partial charge in [0.15, 0.2) is 0 Å². The van der Waals surface area contributed by atoms with Gasteiger partial charge in [0.25, 0.3) is 5.91 Å². The third-order valence-corrected chi connectivity index (χ3v) is 4.41. The summed E-state index contributed by atoms with van der Waals surface area (Å²) in [4.78, 5) is 28.1. The average Bonchev–Trinajstić information content (AvgIpc) is 2.75. The van der Waals surface area contributed by atoms with E-state index < -0.39 is 35.2 Å². The number of anilines is 2. The zero-order valence-corrected chi connectivity index (χ0v) is 17.7. The van der Waals surface area contributed by atoms with E-state index in [1.54, 1.807) is 0 Å². The summed E-state index contributed by atoms with van der Waals surface area (Å²) in [6, 6.07) is 11.1. The zero-order chi connectivity index (χ0) is 25.8. The van der Waals surface area contributed by atoms with Crippen LogP contribution in [0.15, 0.2) is 60.8 Å². The number of nitrogens with one attached hydrogen (secondary N) is 3. The molecule has 0 unspecified atom stereocenters. The maximum atomic E-state index is 13.0. The number of benzene rings is 2. The van der Waals surface area contributed by atoms with Crippen molar-refractivity contribution in [2.45, 2.75) is 13.1 Å². The van der Waals surface area contributed by atoms with E-state index in [1.807, 2.05) is 0 Å². The quantitative estimate of drug-likeness (QED) is 0.407. The van der Waals surface area contributed by atoms with E-state index in [0.29, 0.717) is 11.4 Å². The number of pyridine rings is 1. The van der Waals surface area contributed by atoms with Crippen molar-refractivity contribution in [3.63, 3.8) is 0 Å². The van der Waals surface area contributed by atoms with E-state index in [2.05, 4.69) is 20.9 Å². The van der Waals surface area contributed by atoms with Crippen LogP contribution >= 0.6 is 11.6 Å². The number of ether oxygens (including phenoxy) is 1. The number of carbonyl (C=O) groups is 2. The number of carbonyl (C=O) groups excluding carboxylic acids is 2. The number of halogens is 4. The van der Waals surface area contributed by atoms with E-state index >= 15 is 0 Å². The van der Waals surface area contributed by atoms with E-state index in [0.717, 1.165) is 12.1 Å². The van der Waals surface area contributed by atoms with Gasteiger partial charge >= 0.3 is 12.2 Å². The lowest BCUT2D eigenvalue weighted by molar-refractivity contribution is -0.137. The van der Waals surface area contributed by atoms with Crippen LogP contribution in [0.1, 0.15) is 25.7 Å². The molecule has 3 amide bonds. The Balaban J connectivity index is 1.61. The molecule has 1 aromatic heterocycles. The maximum Gasteiger partial charge on any atom is 0.417 e. The van der Waals surface area contributed by atoms with Gasteiger partial charge in [0.05, 0.1) is 10.6 Å². The Labute approximate surface area is 194 Å². The summed E-state index contributed by atoms with van der Waals surface area (Å²) in [5.41, 5.74) is -0.865. The van der Waals surface area contributed by atoms with Gasteiger partial charge in [-0.1, -0.05) is 11.6 Å². The minimum absolute atomic E-state index is 0.0425. The van der Waals surface area contributed by atoms with Gasteiger partial charge in [-0.3, -0.25) is 9.78 Å². The van der Waals surface area contributed by atoms with Crippen molar-refractivity contribution in [3.05, 3.63) is 77.1 Å². The third kappa shape index (κ3) is 6.59. The van der Waals surface area contributed by atoms with Crippen LogP contribution in [0.3, 0.4) is 0 Å². The number of amides is 3. The van der Waals surface area contributed by atoms with Crippen molar-refractivity contribution in [1.82, 2.24) is 10.3 Å². The standard InChI is InChI=1S/C22H18ClF3N4O3/c1-2-27-20(31)19-12-16(9-10-28-19)33-15-6-3-13(4-7-15)29-21(32)30-14-5-8-18(23)17(11-14)22(24,25)26/h3-12H,2H2,1H3,(H,27,31)(H2,29,30,32)/i2D2. The van der Waals surface area contributed by atoms with Gasteiger partial charge in [-0.15, -0.1) is 0 Å². The Morgan fingerprint density at radius 1 is 1.03 bits per heavy atom. The first kappa shape index (κ1) is 21.1. The highest BCUT2D eigenvalue weighted by Crippen LogP contribution is 2.36. The van der Waals surface area contributed by atoms with Gasteiger partial charge in [0.2, 0.25) is 0 Å². The third-order valence-electron chi connectivity index (χ3n) is 4.08. The second kappa shape index (κ2) is 10.2. The SMILES string of the molecule is [2H]C([2H])(C)NC(=O)c1cc(Oc2ccc(NC(=O)Nc3ccc(Cl)c(C(F)(F)F)c3)cc2)ccn1. The van der Waals surface area contributed by atoms with E-state index in [1.165, 1.54) is 55.6 Å². The normalized spacial score (nSPS) is 12.3. The summed E-state index contributed by atoms with van der Waals surface area (Å²) in [7, 11) is 0. The maximum absolute atomic E-state index is 13.0. The molecule has 0 atom stereocenters. The Kier molecular flexibility index (Phi) is 6.53. The van der Waals surface area contributed by atoms with Gasteiger partial charge in [0, 0.05) is 32.9 Å². The smallest absolute Gasteiger partial charge is 0.417 e. The van der Waals surface area contributed by atoms with Crippen molar-refractivity contribution in [2.24, 2.45) is 0 Å². The van der Waals surface area contributed by atoms with Crippen LogP contribution in [-0.2, 0) is 6.18 Å². The number of alkyl halides is 3. The molecule has 3 N–H and O–H groups in total. The van der Waals surface area contributed by atoms with Gasteiger partial charge < -0.3 is 20.7 Å². The monoisotopic (exact) mass is 480 g/mol. The first-order chi connectivity index (χ1) is 16.3. The summed E-state index contributed by atoms with van der Waals surface area (Å²) in [5, 5.41) is 6.46. The number of urea groups is 1. The van der Waals surface area contributed by atoms with Crippen LogP contribution in [0.4, 0.5) is 29.3 Å². The Bertz CT molecular complexity index is 1240. The van der Waals surface area contributed by atoms with Crippen LogP contribution in [0.2, 0.25) is 5.02 Å². The molecule has 7 nitrogen and oxygen atoms in total. The fourth-order valence-corrected chi connectivity index (χ4v) is 2.86. The number of nitrogens with zero attached hydrogens (tertiary/aromatic N) is 1. The molecular formula is C22H18ClF3N4O3. The van der Waals surface area contributed by atoms with Crippen molar-refractivity contribution in [3.8, 4) is 11.5 Å². The molecule has 3 rings (SSSR count). The number of rotatable bonds is 6. The lowest BCUT2D eigenvalue weighted by Gasteiger charge is -2.12. The minimum atomic E-state index is -4.66. The number of hydrogen-bond acceptors (Lipinski definition) is 4. The van der Waals surface area contributed by atoms with E-state index in [9.17, 15) is 22.8 Å². The first-order valence-electron chi connectivity index (χ1n) is 10.3. The predicted molar refractivity (Wildman–Crippen MR) is 118 cm³/mol. The molecule has 33 heavy (non-hydrogen) atoms. The van der Waals surface area contributed by atoms with Crippen LogP contribution in [-0.4, -0.2) is 23.4 Å². The van der Waals surface area contributed by atoms with Crippen molar-refractivity contribution in [2.75, 3.05) is 17.1 Å². The Morgan fingerprint density at radius 3 is 2.36 bits per heavy atom. The predicted octanol–water partition coefficient (Wildman–Crippen LogP) is 5.94. The van der Waals surface area contributed by atoms with Gasteiger partial charge in [-0.2, -0.15) is 13.2 Å². The molecule has 172 valence electrons. The topological polar surface area (TPSA) is 92.4 Å². The molecule has 0 aliphatic heterocycles. The molecule has 0 aliphatic carbocycles. The molecule has 2 aromatic carbocycles. The molecule has 0 spiro atoms. The summed E-state index contributed by atoms with van der Waals surface area (Å²) in [5.74, 6) is -0.0908.